The number of hydrogen-bond donors (Lipinski definition) is 5. The van der Waals surface area contributed by atoms with Crippen LogP contribution in [0.25, 0.3) is 33.6 Å². The van der Waals surface area contributed by atoms with Gasteiger partial charge in [0.05, 0.1) is 54.7 Å². The maximum absolute atomic E-state index is 11.6. The number of nitrogens with one attached hydrogen (secondary N) is 3. The normalized spacial score (nSPS) is 15.5. The standard InChI is InChI=1S/C33H35Cl2N7O6/c1-33(17-43,32(45)46)39-16-26-31(48-3)42-24(15-38-26)22-9-5-7-20(29(22)35)19-6-4-8-21(28(19)34)23-14-37-25(30(41-23)47-2)13-36-12-18-10-11-27(44)40-18/h4-9,14-15,18,36,39,43H,10-13,16-17H2,1-3H3,(H,40,44)(H,45,46)/t18?,33-/m0/s1. The zero-order valence-corrected chi connectivity index (χ0v) is 28.0. The van der Waals surface area contributed by atoms with Crippen molar-refractivity contribution in [3.63, 3.8) is 0 Å². The molecular formula is C33H35Cl2N7O6. The van der Waals surface area contributed by atoms with Gasteiger partial charge in [-0.2, -0.15) is 0 Å². The van der Waals surface area contributed by atoms with E-state index in [9.17, 15) is 19.8 Å². The lowest BCUT2D eigenvalue weighted by Crippen LogP contribution is -2.52. The highest BCUT2D eigenvalue weighted by molar-refractivity contribution is 6.39. The van der Waals surface area contributed by atoms with E-state index in [1.54, 1.807) is 12.3 Å². The number of nitrogens with zero attached hydrogens (tertiary/aromatic N) is 4. The molecule has 48 heavy (non-hydrogen) atoms. The SMILES string of the molecule is COc1nc(-c2cccc(-c3cccc(-c4cnc(CN[C@@](C)(CO)C(=O)O)c(OC)n4)c3Cl)c2Cl)cnc1CNCC1CCC(=O)N1. The van der Waals surface area contributed by atoms with Crippen molar-refractivity contribution in [3.05, 3.63) is 70.2 Å². The summed E-state index contributed by atoms with van der Waals surface area (Å²) in [5, 5.41) is 28.8. The molecule has 252 valence electrons. The van der Waals surface area contributed by atoms with Crippen LogP contribution in [-0.2, 0) is 22.7 Å². The van der Waals surface area contributed by atoms with E-state index in [1.807, 2.05) is 30.3 Å². The summed E-state index contributed by atoms with van der Waals surface area (Å²) in [6.07, 6.45) is 4.49. The van der Waals surface area contributed by atoms with Gasteiger partial charge in [-0.05, 0) is 13.3 Å². The number of ether oxygens (including phenoxy) is 2. The Hall–Kier alpha value is -4.40. The van der Waals surface area contributed by atoms with Crippen LogP contribution in [0, 0.1) is 0 Å². The average Bonchev–Trinajstić information content (AvgIpc) is 3.52. The van der Waals surface area contributed by atoms with Crippen molar-refractivity contribution in [2.24, 2.45) is 0 Å². The van der Waals surface area contributed by atoms with Crippen molar-refractivity contribution < 1.29 is 29.3 Å². The zero-order valence-electron chi connectivity index (χ0n) is 26.5. The van der Waals surface area contributed by atoms with Gasteiger partial charge in [0.25, 0.3) is 0 Å². The van der Waals surface area contributed by atoms with E-state index in [0.29, 0.717) is 80.5 Å². The molecule has 0 saturated carbocycles. The Morgan fingerprint density at radius 3 is 1.92 bits per heavy atom. The second kappa shape index (κ2) is 15.2. The minimum Gasteiger partial charge on any atom is -0.480 e. The molecule has 2 aromatic carbocycles. The second-order valence-corrected chi connectivity index (χ2v) is 12.1. The Labute approximate surface area is 287 Å². The van der Waals surface area contributed by atoms with Gasteiger partial charge in [0.2, 0.25) is 17.7 Å². The predicted molar refractivity (Wildman–Crippen MR) is 180 cm³/mol. The molecule has 2 aromatic heterocycles. The molecule has 5 N–H and O–H groups in total. The quantitative estimate of drug-likeness (QED) is 0.129. The molecule has 1 saturated heterocycles. The lowest BCUT2D eigenvalue weighted by atomic mass is 9.98. The van der Waals surface area contributed by atoms with E-state index >= 15 is 0 Å². The van der Waals surface area contributed by atoms with Crippen LogP contribution in [0.4, 0.5) is 0 Å². The lowest BCUT2D eigenvalue weighted by molar-refractivity contribution is -0.146. The van der Waals surface area contributed by atoms with Crippen LogP contribution < -0.4 is 25.4 Å². The smallest absolute Gasteiger partial charge is 0.326 e. The Bertz CT molecular complexity index is 1830. The fourth-order valence-corrected chi connectivity index (χ4v) is 5.82. The maximum atomic E-state index is 11.6. The summed E-state index contributed by atoms with van der Waals surface area (Å²) >= 11 is 14.0. The van der Waals surface area contributed by atoms with E-state index in [-0.39, 0.29) is 24.4 Å². The van der Waals surface area contributed by atoms with Gasteiger partial charge in [-0.1, -0.05) is 59.6 Å². The number of aliphatic hydroxyl groups is 1. The van der Waals surface area contributed by atoms with E-state index in [0.717, 1.165) is 6.42 Å². The van der Waals surface area contributed by atoms with Gasteiger partial charge in [-0.3, -0.25) is 24.9 Å². The molecule has 1 unspecified atom stereocenters. The Morgan fingerprint density at radius 1 is 0.938 bits per heavy atom. The van der Waals surface area contributed by atoms with Crippen molar-refractivity contribution >= 4 is 35.1 Å². The molecule has 1 fully saturated rings. The number of carbonyl (C=O) groups excluding carboxylic acids is 1. The van der Waals surface area contributed by atoms with E-state index < -0.39 is 18.1 Å². The van der Waals surface area contributed by atoms with E-state index in [1.165, 1.54) is 27.3 Å². The first-order valence-corrected chi connectivity index (χ1v) is 15.8. The Balaban J connectivity index is 1.39. The number of methoxy groups -OCH3 is 2. The third kappa shape index (κ3) is 7.50. The third-order valence-corrected chi connectivity index (χ3v) is 8.87. The largest absolute Gasteiger partial charge is 0.480 e. The number of halogens is 2. The summed E-state index contributed by atoms with van der Waals surface area (Å²) in [4.78, 5) is 41.3. The summed E-state index contributed by atoms with van der Waals surface area (Å²) in [7, 11) is 2.96. The molecule has 1 amide bonds. The fourth-order valence-electron chi connectivity index (χ4n) is 5.17. The van der Waals surface area contributed by atoms with Crippen molar-refractivity contribution in [2.75, 3.05) is 27.4 Å². The summed E-state index contributed by atoms with van der Waals surface area (Å²) < 4.78 is 11.0. The summed E-state index contributed by atoms with van der Waals surface area (Å²) in [6.45, 7) is 1.76. The number of aromatic nitrogens is 4. The third-order valence-electron chi connectivity index (χ3n) is 8.05. The van der Waals surface area contributed by atoms with Crippen molar-refractivity contribution in [3.8, 4) is 45.4 Å². The number of hydrogen-bond acceptors (Lipinski definition) is 11. The lowest BCUT2D eigenvalue weighted by Gasteiger charge is -2.23. The molecule has 5 rings (SSSR count). The van der Waals surface area contributed by atoms with Gasteiger partial charge in [0.15, 0.2) is 0 Å². The Morgan fingerprint density at radius 2 is 1.46 bits per heavy atom. The van der Waals surface area contributed by atoms with Gasteiger partial charge in [-0.15, -0.1) is 0 Å². The van der Waals surface area contributed by atoms with Crippen LogP contribution >= 0.6 is 23.2 Å². The van der Waals surface area contributed by atoms with Gasteiger partial charge >= 0.3 is 5.97 Å². The molecule has 4 aromatic rings. The number of carbonyl (C=O) groups is 2. The molecule has 2 atom stereocenters. The van der Waals surface area contributed by atoms with Crippen LogP contribution in [0.1, 0.15) is 31.2 Å². The predicted octanol–water partition coefficient (Wildman–Crippen LogP) is 3.89. The highest BCUT2D eigenvalue weighted by Gasteiger charge is 2.32. The number of benzene rings is 2. The number of rotatable bonds is 14. The van der Waals surface area contributed by atoms with Gasteiger partial charge in [-0.25, -0.2) is 9.97 Å². The fraction of sp³-hybridized carbons (Fsp3) is 0.333. The van der Waals surface area contributed by atoms with Gasteiger partial charge in [0, 0.05) is 54.4 Å². The first-order chi connectivity index (χ1) is 23.1. The van der Waals surface area contributed by atoms with Crippen molar-refractivity contribution in [2.45, 2.75) is 44.4 Å². The van der Waals surface area contributed by atoms with Gasteiger partial charge in [0.1, 0.15) is 16.9 Å². The molecular weight excluding hydrogens is 661 g/mol. The molecule has 0 aliphatic carbocycles. The number of aliphatic hydroxyl groups excluding tert-OH is 1. The molecule has 15 heteroatoms. The molecule has 1 aliphatic heterocycles. The van der Waals surface area contributed by atoms with Crippen molar-refractivity contribution in [1.29, 1.82) is 0 Å². The number of amides is 1. The van der Waals surface area contributed by atoms with Crippen LogP contribution in [-0.4, -0.2) is 81.0 Å². The highest BCUT2D eigenvalue weighted by Crippen LogP contribution is 2.42. The molecule has 0 radical (unpaired) electrons. The summed E-state index contributed by atoms with van der Waals surface area (Å²) in [5.41, 5.74) is 2.85. The van der Waals surface area contributed by atoms with Crippen molar-refractivity contribution in [1.82, 2.24) is 35.9 Å². The zero-order chi connectivity index (χ0) is 34.4. The topological polar surface area (TPSA) is 181 Å². The average molecular weight is 697 g/mol. The molecule has 0 spiro atoms. The summed E-state index contributed by atoms with van der Waals surface area (Å²) in [6, 6.07) is 11.1. The first kappa shape index (κ1) is 34.9. The van der Waals surface area contributed by atoms with Gasteiger partial charge < -0.3 is 30.3 Å². The van der Waals surface area contributed by atoms with Crippen LogP contribution in [0.15, 0.2) is 48.8 Å². The summed E-state index contributed by atoms with van der Waals surface area (Å²) in [5.74, 6) is -0.616. The highest BCUT2D eigenvalue weighted by atomic mass is 35.5. The Kier molecular flexibility index (Phi) is 11.1. The van der Waals surface area contributed by atoms with Crippen LogP contribution in [0.2, 0.25) is 10.0 Å². The molecule has 13 nitrogen and oxygen atoms in total. The van der Waals surface area contributed by atoms with E-state index in [4.69, 9.17) is 32.7 Å². The van der Waals surface area contributed by atoms with E-state index in [2.05, 4.69) is 35.9 Å². The first-order valence-electron chi connectivity index (χ1n) is 15.1. The molecule has 3 heterocycles. The minimum atomic E-state index is -1.57. The van der Waals surface area contributed by atoms with Crippen LogP contribution in [0.5, 0.6) is 11.8 Å². The monoisotopic (exact) mass is 695 g/mol. The maximum Gasteiger partial charge on any atom is 0.326 e. The molecule has 1 aliphatic rings. The minimum absolute atomic E-state index is 0.0126. The number of aliphatic carboxylic acids is 1. The van der Waals surface area contributed by atoms with Crippen LogP contribution in [0.3, 0.4) is 0 Å². The number of carboxylic acid groups (broad SMARTS) is 1. The second-order valence-electron chi connectivity index (χ2n) is 11.3. The molecule has 0 bridgehead atoms. The number of carboxylic acids is 1.